The second kappa shape index (κ2) is 6.67. The van der Waals surface area contributed by atoms with E-state index in [1.807, 2.05) is 19.1 Å². The van der Waals surface area contributed by atoms with Gasteiger partial charge in [0.1, 0.15) is 12.4 Å². The minimum atomic E-state index is -0.992. The van der Waals surface area contributed by atoms with Crippen molar-refractivity contribution in [3.8, 4) is 5.75 Å². The molecule has 0 unspecified atom stereocenters. The smallest absolute Gasteiger partial charge is 0.328 e. The lowest BCUT2D eigenvalue weighted by Crippen LogP contribution is -1.96. The van der Waals surface area contributed by atoms with E-state index in [1.54, 1.807) is 23.6 Å². The summed E-state index contributed by atoms with van der Waals surface area (Å²) >= 11 is 4.99. The van der Waals surface area contributed by atoms with Crippen LogP contribution in [0.1, 0.15) is 15.4 Å². The molecule has 1 N–H and O–H groups in total. The fourth-order valence-electron chi connectivity index (χ4n) is 1.59. The lowest BCUT2D eigenvalue weighted by atomic mass is 10.2. The fraction of sp³-hybridized carbons (Fsp3) is 0.143. The van der Waals surface area contributed by atoms with Gasteiger partial charge in [-0.15, -0.1) is 11.3 Å². The van der Waals surface area contributed by atoms with Crippen molar-refractivity contribution in [2.24, 2.45) is 0 Å². The predicted octanol–water partition coefficient (Wildman–Crippen LogP) is 3.89. The monoisotopic (exact) mass is 353 g/mol. The number of nitrogens with zero attached hydrogens (tertiary/aromatic N) is 1. The molecule has 1 aromatic carbocycles. The standard InChI is InChI=1S/C14H12BrNO3S/c1-9-16-7-11(20-9)8-19-14-10(5-6-13(17)18)3-2-4-12(14)15/h2-7H,8H2,1H3,(H,17,18). The second-order valence-corrected chi connectivity index (χ2v) is 6.14. The number of thiazole rings is 1. The Balaban J connectivity index is 2.19. The summed E-state index contributed by atoms with van der Waals surface area (Å²) < 4.78 is 6.56. The van der Waals surface area contributed by atoms with Gasteiger partial charge in [0, 0.05) is 17.8 Å². The van der Waals surface area contributed by atoms with Crippen molar-refractivity contribution in [1.82, 2.24) is 4.98 Å². The van der Waals surface area contributed by atoms with Crippen molar-refractivity contribution in [2.45, 2.75) is 13.5 Å². The number of aliphatic carboxylic acids is 1. The van der Waals surface area contributed by atoms with Gasteiger partial charge in [0.05, 0.1) is 14.4 Å². The van der Waals surface area contributed by atoms with Crippen LogP contribution in [0.5, 0.6) is 5.75 Å². The molecule has 0 bridgehead atoms. The summed E-state index contributed by atoms with van der Waals surface area (Å²) in [7, 11) is 0. The SMILES string of the molecule is Cc1ncc(COc2c(Br)cccc2C=CC(=O)O)s1. The molecular formula is C14H12BrNO3S. The highest BCUT2D eigenvalue weighted by Crippen LogP contribution is 2.31. The first kappa shape index (κ1) is 14.7. The van der Waals surface area contributed by atoms with Crippen LogP contribution in [0.3, 0.4) is 0 Å². The van der Waals surface area contributed by atoms with E-state index in [0.717, 1.165) is 20.4 Å². The average molecular weight is 354 g/mol. The highest BCUT2D eigenvalue weighted by Gasteiger charge is 2.08. The van der Waals surface area contributed by atoms with E-state index in [9.17, 15) is 4.79 Å². The molecule has 6 heteroatoms. The van der Waals surface area contributed by atoms with Gasteiger partial charge in [0.2, 0.25) is 0 Å². The van der Waals surface area contributed by atoms with E-state index in [0.29, 0.717) is 17.9 Å². The van der Waals surface area contributed by atoms with Crippen molar-refractivity contribution >= 4 is 39.3 Å². The van der Waals surface area contributed by atoms with Gasteiger partial charge >= 0.3 is 5.97 Å². The van der Waals surface area contributed by atoms with E-state index in [-0.39, 0.29) is 0 Å². The zero-order valence-corrected chi connectivity index (χ0v) is 13.1. The fourth-order valence-corrected chi connectivity index (χ4v) is 2.79. The number of hydrogen-bond donors (Lipinski definition) is 1. The highest BCUT2D eigenvalue weighted by atomic mass is 79.9. The maximum atomic E-state index is 10.6. The number of hydrogen-bond acceptors (Lipinski definition) is 4. The van der Waals surface area contributed by atoms with Crippen LogP contribution in [0.2, 0.25) is 0 Å². The molecule has 4 nitrogen and oxygen atoms in total. The molecule has 0 saturated heterocycles. The molecule has 1 heterocycles. The Morgan fingerprint density at radius 3 is 3.00 bits per heavy atom. The number of benzene rings is 1. The lowest BCUT2D eigenvalue weighted by Gasteiger charge is -2.10. The van der Waals surface area contributed by atoms with Gasteiger partial charge in [-0.1, -0.05) is 12.1 Å². The molecule has 104 valence electrons. The van der Waals surface area contributed by atoms with Crippen molar-refractivity contribution in [2.75, 3.05) is 0 Å². The molecule has 0 atom stereocenters. The molecule has 20 heavy (non-hydrogen) atoms. The van der Waals surface area contributed by atoms with Crippen LogP contribution in [0.15, 0.2) is 34.9 Å². The molecule has 0 aliphatic carbocycles. The van der Waals surface area contributed by atoms with Crippen molar-refractivity contribution in [1.29, 1.82) is 0 Å². The summed E-state index contributed by atoms with van der Waals surface area (Å²) in [6.45, 7) is 2.34. The first-order valence-electron chi connectivity index (χ1n) is 5.80. The van der Waals surface area contributed by atoms with Gasteiger partial charge in [-0.3, -0.25) is 0 Å². The molecule has 0 aliphatic rings. The quantitative estimate of drug-likeness (QED) is 0.828. The number of ether oxygens (including phenoxy) is 1. The summed E-state index contributed by atoms with van der Waals surface area (Å²) in [6.07, 6.45) is 4.38. The number of carboxylic acid groups (broad SMARTS) is 1. The summed E-state index contributed by atoms with van der Waals surface area (Å²) in [5.41, 5.74) is 0.711. The maximum Gasteiger partial charge on any atom is 0.328 e. The van der Waals surface area contributed by atoms with Crippen LogP contribution in [0.4, 0.5) is 0 Å². The number of aryl methyl sites for hydroxylation is 1. The van der Waals surface area contributed by atoms with Crippen molar-refractivity contribution < 1.29 is 14.6 Å². The number of rotatable bonds is 5. The van der Waals surface area contributed by atoms with Crippen LogP contribution in [0, 0.1) is 6.92 Å². The minimum absolute atomic E-state index is 0.405. The van der Waals surface area contributed by atoms with Gasteiger partial charge in [0.25, 0.3) is 0 Å². The van der Waals surface area contributed by atoms with Gasteiger partial charge in [-0.05, 0) is 35.0 Å². The molecule has 0 spiro atoms. The molecule has 2 aromatic rings. The first-order chi connectivity index (χ1) is 9.56. The van der Waals surface area contributed by atoms with Gasteiger partial charge in [-0.25, -0.2) is 9.78 Å². The number of para-hydroxylation sites is 1. The van der Waals surface area contributed by atoms with E-state index in [1.165, 1.54) is 6.08 Å². The third-order valence-electron chi connectivity index (χ3n) is 2.43. The topological polar surface area (TPSA) is 59.4 Å². The Kier molecular flexibility index (Phi) is 4.92. The van der Waals surface area contributed by atoms with E-state index >= 15 is 0 Å². The number of carboxylic acids is 1. The second-order valence-electron chi connectivity index (χ2n) is 3.96. The van der Waals surface area contributed by atoms with Gasteiger partial charge in [0.15, 0.2) is 0 Å². The summed E-state index contributed by atoms with van der Waals surface area (Å²) in [6, 6.07) is 5.48. The minimum Gasteiger partial charge on any atom is -0.486 e. The number of carbonyl (C=O) groups is 1. The van der Waals surface area contributed by atoms with Gasteiger partial charge < -0.3 is 9.84 Å². The zero-order valence-electron chi connectivity index (χ0n) is 10.7. The summed E-state index contributed by atoms with van der Waals surface area (Å²) in [4.78, 5) is 15.8. The Hall–Kier alpha value is -1.66. The summed E-state index contributed by atoms with van der Waals surface area (Å²) in [5, 5.41) is 9.69. The third kappa shape index (κ3) is 3.91. The zero-order chi connectivity index (χ0) is 14.5. The molecule has 0 fully saturated rings. The maximum absolute atomic E-state index is 10.6. The Morgan fingerprint density at radius 1 is 1.55 bits per heavy atom. The normalized spacial score (nSPS) is 10.9. The molecule has 0 aliphatic heterocycles. The van der Waals surface area contributed by atoms with Gasteiger partial charge in [-0.2, -0.15) is 0 Å². The molecule has 0 radical (unpaired) electrons. The molecule has 0 saturated carbocycles. The predicted molar refractivity (Wildman–Crippen MR) is 82.0 cm³/mol. The Bertz CT molecular complexity index is 652. The van der Waals surface area contributed by atoms with Crippen LogP contribution in [0.25, 0.3) is 6.08 Å². The van der Waals surface area contributed by atoms with E-state index < -0.39 is 5.97 Å². The largest absolute Gasteiger partial charge is 0.486 e. The Morgan fingerprint density at radius 2 is 2.35 bits per heavy atom. The van der Waals surface area contributed by atoms with Crippen molar-refractivity contribution in [3.63, 3.8) is 0 Å². The van der Waals surface area contributed by atoms with E-state index in [2.05, 4.69) is 20.9 Å². The lowest BCUT2D eigenvalue weighted by molar-refractivity contribution is -0.131. The number of aromatic nitrogens is 1. The average Bonchev–Trinajstić information content (AvgIpc) is 2.81. The van der Waals surface area contributed by atoms with Crippen LogP contribution in [-0.4, -0.2) is 16.1 Å². The Labute approximate surface area is 128 Å². The van der Waals surface area contributed by atoms with Crippen molar-refractivity contribution in [3.05, 3.63) is 50.4 Å². The van der Waals surface area contributed by atoms with Crippen LogP contribution in [-0.2, 0) is 11.4 Å². The number of halogens is 1. The summed E-state index contributed by atoms with van der Waals surface area (Å²) in [5.74, 6) is -0.370. The van der Waals surface area contributed by atoms with Crippen LogP contribution >= 0.6 is 27.3 Å². The van der Waals surface area contributed by atoms with E-state index in [4.69, 9.17) is 9.84 Å². The molecule has 2 rings (SSSR count). The third-order valence-corrected chi connectivity index (χ3v) is 3.94. The molecule has 1 aromatic heterocycles. The highest BCUT2D eigenvalue weighted by molar-refractivity contribution is 9.10. The first-order valence-corrected chi connectivity index (χ1v) is 7.41. The molecule has 0 amide bonds. The van der Waals surface area contributed by atoms with Crippen LogP contribution < -0.4 is 4.74 Å². The molecular weight excluding hydrogens is 342 g/mol.